The molecule has 0 rings (SSSR count). The maximum atomic E-state index is 13.2. The van der Waals surface area contributed by atoms with Gasteiger partial charge >= 0.3 is 39.5 Å². The zero-order valence-corrected chi connectivity index (χ0v) is 72.6. The molecule has 0 aromatic carbocycles. The van der Waals surface area contributed by atoms with E-state index in [1.165, 1.54) is 77.0 Å². The van der Waals surface area contributed by atoms with Gasteiger partial charge in [0, 0.05) is 25.7 Å². The SMILES string of the molecule is CCCCC/C=C\C/C=C\C/C=C\CCCCCCCCC(=O)OCC(COP(=O)(O)OCC(O)COP(=O)(O)OCC(COC(=O)CCCCCCCC/C=C\C/C=C\C/C=C\CCCCC)OC(=O)CCCCCCCC/C=C\C/C=C\C/C=C\CCCCC)OC(=O)CCCCCCC/C=C\C/C=C\CCCCC. The molecule has 0 aromatic heterocycles. The summed E-state index contributed by atoms with van der Waals surface area (Å²) in [4.78, 5) is 73.4. The molecule has 3 N–H and O–H groups in total. The summed E-state index contributed by atoms with van der Waals surface area (Å²) in [6.07, 6.45) is 96.7. The number of phosphoric acid groups is 2. The Labute approximate surface area is 682 Å². The van der Waals surface area contributed by atoms with Crippen molar-refractivity contribution in [3.8, 4) is 0 Å². The van der Waals surface area contributed by atoms with Gasteiger partial charge < -0.3 is 33.8 Å². The van der Waals surface area contributed by atoms with E-state index in [-0.39, 0.29) is 25.7 Å². The number of phosphoric ester groups is 2. The number of hydrogen-bond donors (Lipinski definition) is 3. The fraction of sp³-hybridized carbons (Fsp3) is 0.720. The van der Waals surface area contributed by atoms with Crippen molar-refractivity contribution in [3.05, 3.63) is 134 Å². The summed E-state index contributed by atoms with van der Waals surface area (Å²) in [6.45, 7) is 4.76. The maximum Gasteiger partial charge on any atom is 0.472 e. The van der Waals surface area contributed by atoms with Crippen LogP contribution >= 0.6 is 15.6 Å². The van der Waals surface area contributed by atoms with E-state index in [4.69, 9.17) is 37.0 Å². The van der Waals surface area contributed by atoms with Crippen LogP contribution in [0.25, 0.3) is 0 Å². The highest BCUT2D eigenvalue weighted by Crippen LogP contribution is 2.45. The van der Waals surface area contributed by atoms with E-state index >= 15 is 0 Å². The number of rotatable bonds is 83. The first-order valence-corrected chi connectivity index (χ1v) is 47.4. The van der Waals surface area contributed by atoms with Gasteiger partial charge in [-0.1, -0.05) is 309 Å². The number of aliphatic hydroxyl groups excluding tert-OH is 1. The highest BCUT2D eigenvalue weighted by atomic mass is 31.2. The van der Waals surface area contributed by atoms with E-state index in [0.717, 1.165) is 218 Å². The van der Waals surface area contributed by atoms with Crippen LogP contribution in [0.15, 0.2) is 134 Å². The lowest BCUT2D eigenvalue weighted by atomic mass is 10.1. The summed E-state index contributed by atoms with van der Waals surface area (Å²) in [6, 6.07) is 0. The Morgan fingerprint density at radius 3 is 0.670 bits per heavy atom. The van der Waals surface area contributed by atoms with Crippen LogP contribution in [0.1, 0.15) is 374 Å². The zero-order chi connectivity index (χ0) is 81.7. The fourth-order valence-electron chi connectivity index (χ4n) is 11.7. The standard InChI is InChI=1S/C93H160O17P2/c1-5-9-13-17-21-25-29-33-37-40-43-46-50-53-57-61-65-69-73-77-90(95)103-83-88(109-92(97)79-75-71-67-63-59-55-49-36-32-28-24-20-16-12-8-4)85-107-111(99,100)105-81-87(94)82-106-112(101,102)108-86-89(110-93(98)80-76-72-68-64-60-56-52-48-45-42-39-35-31-27-23-19-15-11-7-3)84-104-91(96)78-74-70-66-62-58-54-51-47-44-41-38-34-30-26-22-18-14-10-6-2/h21-28,33-39,43-49,87-89,94H,5-20,29-32,40-42,50-86H2,1-4H3,(H,99,100)(H,101,102)/b25-21-,26-22-,27-23-,28-24-,37-33-,38-34-,39-35-,46-43-,47-44-,48-45-,49-36-. The van der Waals surface area contributed by atoms with Crippen molar-refractivity contribution in [2.24, 2.45) is 0 Å². The van der Waals surface area contributed by atoms with E-state index in [1.807, 2.05) is 0 Å². The summed E-state index contributed by atoms with van der Waals surface area (Å²) in [7, 11) is -9.99. The summed E-state index contributed by atoms with van der Waals surface area (Å²) in [5.41, 5.74) is 0. The minimum absolute atomic E-state index is 0.0734. The molecule has 17 nitrogen and oxygen atoms in total. The predicted octanol–water partition coefficient (Wildman–Crippen LogP) is 26.8. The van der Waals surface area contributed by atoms with Crippen molar-refractivity contribution in [3.63, 3.8) is 0 Å². The summed E-state index contributed by atoms with van der Waals surface area (Å²) in [5.74, 6) is -2.22. The lowest BCUT2D eigenvalue weighted by Crippen LogP contribution is -2.30. The molecular formula is C93H160O17P2. The molecule has 0 saturated carbocycles. The van der Waals surface area contributed by atoms with Crippen LogP contribution in [0, 0.1) is 0 Å². The quantitative estimate of drug-likeness (QED) is 0.0169. The summed E-state index contributed by atoms with van der Waals surface area (Å²) >= 11 is 0. The van der Waals surface area contributed by atoms with Gasteiger partial charge in [-0.2, -0.15) is 0 Å². The van der Waals surface area contributed by atoms with Crippen LogP contribution in [-0.4, -0.2) is 96.7 Å². The zero-order valence-electron chi connectivity index (χ0n) is 70.8. The Balaban J connectivity index is 5.42. The summed E-state index contributed by atoms with van der Waals surface area (Å²) < 4.78 is 68.9. The van der Waals surface area contributed by atoms with Gasteiger partial charge in [-0.3, -0.25) is 37.3 Å². The molecule has 112 heavy (non-hydrogen) atoms. The second-order valence-electron chi connectivity index (χ2n) is 29.5. The Bertz CT molecular complexity index is 2640. The molecule has 19 heteroatoms. The third-order valence-corrected chi connectivity index (χ3v) is 20.5. The van der Waals surface area contributed by atoms with Crippen molar-refractivity contribution in [2.75, 3.05) is 39.6 Å². The van der Waals surface area contributed by atoms with Gasteiger partial charge in [-0.05, 0) is 173 Å². The van der Waals surface area contributed by atoms with Crippen molar-refractivity contribution in [1.29, 1.82) is 0 Å². The molecule has 0 aliphatic carbocycles. The first kappa shape index (κ1) is 107. The van der Waals surface area contributed by atoms with Gasteiger partial charge in [0.2, 0.25) is 0 Å². The second kappa shape index (κ2) is 84.1. The van der Waals surface area contributed by atoms with Gasteiger partial charge in [0.05, 0.1) is 26.4 Å². The molecule has 5 unspecified atom stereocenters. The number of ether oxygens (including phenoxy) is 4. The van der Waals surface area contributed by atoms with E-state index < -0.39 is 97.5 Å². The Hall–Kier alpha value is -4.80. The molecule has 0 heterocycles. The Morgan fingerprint density at radius 1 is 0.250 bits per heavy atom. The molecule has 0 bridgehead atoms. The average molecular weight is 1610 g/mol. The smallest absolute Gasteiger partial charge is 0.462 e. The number of carbonyl (C=O) groups excluding carboxylic acids is 4. The van der Waals surface area contributed by atoms with Crippen molar-refractivity contribution in [1.82, 2.24) is 0 Å². The van der Waals surface area contributed by atoms with E-state index in [9.17, 15) is 43.2 Å². The molecule has 0 spiro atoms. The molecule has 0 saturated heterocycles. The first-order valence-electron chi connectivity index (χ1n) is 44.4. The van der Waals surface area contributed by atoms with Crippen LogP contribution in [0.5, 0.6) is 0 Å². The third kappa shape index (κ3) is 83.2. The largest absolute Gasteiger partial charge is 0.472 e. The number of carbonyl (C=O) groups is 4. The molecular weight excluding hydrogens is 1450 g/mol. The van der Waals surface area contributed by atoms with Crippen molar-refractivity contribution >= 4 is 39.5 Å². The number of hydrogen-bond acceptors (Lipinski definition) is 15. The Kier molecular flexibility index (Phi) is 80.5. The lowest BCUT2D eigenvalue weighted by Gasteiger charge is -2.21. The highest BCUT2D eigenvalue weighted by Gasteiger charge is 2.30. The second-order valence-corrected chi connectivity index (χ2v) is 32.4. The van der Waals surface area contributed by atoms with Crippen molar-refractivity contribution in [2.45, 2.75) is 393 Å². The molecule has 0 aromatic rings. The molecule has 0 radical (unpaired) electrons. The van der Waals surface area contributed by atoms with Crippen molar-refractivity contribution < 1.29 is 80.2 Å². The average Bonchev–Trinajstić information content (AvgIpc) is 0.898. The van der Waals surface area contributed by atoms with Crippen LogP contribution < -0.4 is 0 Å². The molecule has 0 aliphatic rings. The monoisotopic (exact) mass is 1610 g/mol. The van der Waals surface area contributed by atoms with Crippen LogP contribution in [0.3, 0.4) is 0 Å². The fourth-order valence-corrected chi connectivity index (χ4v) is 13.3. The van der Waals surface area contributed by atoms with Gasteiger partial charge in [0.1, 0.15) is 19.3 Å². The maximum absolute atomic E-state index is 13.2. The molecule has 0 fully saturated rings. The highest BCUT2D eigenvalue weighted by molar-refractivity contribution is 7.47. The lowest BCUT2D eigenvalue weighted by molar-refractivity contribution is -0.161. The van der Waals surface area contributed by atoms with Gasteiger partial charge in [-0.15, -0.1) is 0 Å². The van der Waals surface area contributed by atoms with E-state index in [1.54, 1.807) is 0 Å². The van der Waals surface area contributed by atoms with Crippen LogP contribution in [0.4, 0.5) is 0 Å². The number of aliphatic hydroxyl groups is 1. The summed E-state index contributed by atoms with van der Waals surface area (Å²) in [5, 5.41) is 10.7. The van der Waals surface area contributed by atoms with Gasteiger partial charge in [0.15, 0.2) is 12.2 Å². The van der Waals surface area contributed by atoms with Crippen LogP contribution in [-0.2, 0) is 65.4 Å². The van der Waals surface area contributed by atoms with Gasteiger partial charge in [0.25, 0.3) is 0 Å². The first-order chi connectivity index (χ1) is 54.7. The minimum atomic E-state index is -5.00. The molecule has 0 aliphatic heterocycles. The van der Waals surface area contributed by atoms with E-state index in [2.05, 4.69) is 161 Å². The molecule has 5 atom stereocenters. The normalized spacial score (nSPS) is 14.4. The molecule has 644 valence electrons. The minimum Gasteiger partial charge on any atom is -0.462 e. The predicted molar refractivity (Wildman–Crippen MR) is 464 cm³/mol. The topological polar surface area (TPSA) is 237 Å². The number of unbranched alkanes of at least 4 members (excludes halogenated alkanes) is 35. The Morgan fingerprint density at radius 2 is 0.438 bits per heavy atom. The number of allylic oxidation sites excluding steroid dienone is 22. The van der Waals surface area contributed by atoms with E-state index in [0.29, 0.717) is 25.7 Å². The number of esters is 4. The van der Waals surface area contributed by atoms with Gasteiger partial charge in [-0.25, -0.2) is 9.13 Å². The molecule has 0 amide bonds. The third-order valence-electron chi connectivity index (χ3n) is 18.6. The van der Waals surface area contributed by atoms with Crippen LogP contribution in [0.2, 0.25) is 0 Å².